The number of carboxylic acid groups (broad SMARTS) is 1. The number of nitrogens with one attached hydrogen (secondary N) is 1. The second kappa shape index (κ2) is 6.66. The average Bonchev–Trinajstić information content (AvgIpc) is 2.30. The van der Waals surface area contributed by atoms with Crippen molar-refractivity contribution in [2.24, 2.45) is 5.41 Å². The summed E-state index contributed by atoms with van der Waals surface area (Å²) in [5, 5.41) is 11.8. The van der Waals surface area contributed by atoms with Crippen LogP contribution in [0.3, 0.4) is 0 Å². The Kier molecular flexibility index (Phi) is 5.45. The minimum atomic E-state index is -0.822. The zero-order valence-electron chi connectivity index (χ0n) is 12.6. The lowest BCUT2D eigenvalue weighted by atomic mass is 9.89. The molecule has 0 saturated heterocycles. The van der Waals surface area contributed by atoms with E-state index in [1.807, 2.05) is 45.9 Å². The summed E-state index contributed by atoms with van der Waals surface area (Å²) in [5.41, 5.74) is 2.59. The summed E-state index contributed by atoms with van der Waals surface area (Å²) in [4.78, 5) is 22.7. The highest BCUT2D eigenvalue weighted by molar-refractivity contribution is 5.97. The third-order valence-corrected chi connectivity index (χ3v) is 3.35. The van der Waals surface area contributed by atoms with Crippen molar-refractivity contribution in [3.63, 3.8) is 0 Å². The van der Waals surface area contributed by atoms with Gasteiger partial charge in [-0.3, -0.25) is 9.59 Å². The molecular weight excluding hydrogens is 254 g/mol. The average molecular weight is 277 g/mol. The Bertz CT molecular complexity index is 506. The lowest BCUT2D eigenvalue weighted by Gasteiger charge is -2.22. The highest BCUT2D eigenvalue weighted by atomic mass is 16.4. The molecule has 4 heteroatoms. The number of benzene rings is 1. The maximum Gasteiger partial charge on any atom is 0.303 e. The number of carbonyl (C=O) groups excluding carboxylic acids is 1. The lowest BCUT2D eigenvalue weighted by Crippen LogP contribution is -2.34. The van der Waals surface area contributed by atoms with Gasteiger partial charge in [-0.05, 0) is 36.5 Å². The molecule has 20 heavy (non-hydrogen) atoms. The Morgan fingerprint density at radius 3 is 2.40 bits per heavy atom. The number of ketones is 1. The van der Waals surface area contributed by atoms with Crippen molar-refractivity contribution in [1.82, 2.24) is 5.32 Å². The molecule has 4 nitrogen and oxygen atoms in total. The number of hydrogen-bond acceptors (Lipinski definition) is 3. The first-order valence-corrected chi connectivity index (χ1v) is 6.74. The lowest BCUT2D eigenvalue weighted by molar-refractivity contribution is -0.139. The quantitative estimate of drug-likeness (QED) is 0.752. The Hall–Kier alpha value is -1.68. The number of aryl methyl sites for hydroxylation is 2. The zero-order chi connectivity index (χ0) is 15.3. The molecule has 1 rings (SSSR count). The number of rotatable bonds is 7. The second-order valence-corrected chi connectivity index (χ2v) is 6.06. The first-order valence-electron chi connectivity index (χ1n) is 6.74. The van der Waals surface area contributed by atoms with Gasteiger partial charge < -0.3 is 10.4 Å². The van der Waals surface area contributed by atoms with Gasteiger partial charge in [0.1, 0.15) is 0 Å². The minimum absolute atomic E-state index is 0.0271. The largest absolute Gasteiger partial charge is 0.481 e. The summed E-state index contributed by atoms with van der Waals surface area (Å²) < 4.78 is 0. The molecule has 0 saturated carbocycles. The van der Waals surface area contributed by atoms with Crippen LogP contribution in [-0.2, 0) is 4.79 Å². The standard InChI is InChI=1S/C16H23NO3/c1-11-5-6-13(7-12(11)2)14(18)9-17-10-16(3,4)8-15(19)20/h5-7,17H,8-10H2,1-4H3,(H,19,20). The van der Waals surface area contributed by atoms with Gasteiger partial charge in [-0.1, -0.05) is 26.0 Å². The fourth-order valence-electron chi connectivity index (χ4n) is 2.00. The number of hydrogen-bond donors (Lipinski definition) is 2. The van der Waals surface area contributed by atoms with Gasteiger partial charge in [0, 0.05) is 12.1 Å². The summed E-state index contributed by atoms with van der Waals surface area (Å²) in [5.74, 6) is -0.795. The van der Waals surface area contributed by atoms with Gasteiger partial charge in [0.2, 0.25) is 0 Å². The van der Waals surface area contributed by atoms with E-state index in [0.717, 1.165) is 11.1 Å². The van der Waals surface area contributed by atoms with E-state index in [1.54, 1.807) is 0 Å². The topological polar surface area (TPSA) is 66.4 Å². The van der Waals surface area contributed by atoms with Crippen molar-refractivity contribution in [3.8, 4) is 0 Å². The van der Waals surface area contributed by atoms with E-state index in [4.69, 9.17) is 5.11 Å². The predicted octanol–water partition coefficient (Wildman–Crippen LogP) is 2.58. The van der Waals surface area contributed by atoms with E-state index < -0.39 is 5.97 Å². The molecule has 0 spiro atoms. The van der Waals surface area contributed by atoms with Gasteiger partial charge in [0.15, 0.2) is 5.78 Å². The van der Waals surface area contributed by atoms with Gasteiger partial charge in [-0.25, -0.2) is 0 Å². The summed E-state index contributed by atoms with van der Waals surface area (Å²) in [6.45, 7) is 8.45. The molecule has 0 amide bonds. The molecule has 0 aromatic heterocycles. The molecule has 0 atom stereocenters. The molecule has 0 unspecified atom stereocenters. The normalized spacial score (nSPS) is 11.4. The van der Waals surface area contributed by atoms with Gasteiger partial charge in [0.05, 0.1) is 13.0 Å². The van der Waals surface area contributed by atoms with Crippen LogP contribution in [0.2, 0.25) is 0 Å². The molecule has 0 aliphatic rings. The summed E-state index contributed by atoms with van der Waals surface area (Å²) in [7, 11) is 0. The number of aliphatic carboxylic acids is 1. The first-order chi connectivity index (χ1) is 9.21. The maximum atomic E-state index is 12.0. The summed E-state index contributed by atoms with van der Waals surface area (Å²) in [6, 6.07) is 5.66. The zero-order valence-corrected chi connectivity index (χ0v) is 12.6. The Morgan fingerprint density at radius 2 is 1.85 bits per heavy atom. The first kappa shape index (κ1) is 16.4. The smallest absolute Gasteiger partial charge is 0.303 e. The number of Topliss-reactive ketones (excluding diaryl/α,β-unsaturated/α-hetero) is 1. The third-order valence-electron chi connectivity index (χ3n) is 3.35. The molecule has 0 aliphatic carbocycles. The minimum Gasteiger partial charge on any atom is -0.481 e. The van der Waals surface area contributed by atoms with E-state index in [2.05, 4.69) is 5.32 Å². The van der Waals surface area contributed by atoms with Crippen LogP contribution in [-0.4, -0.2) is 29.9 Å². The third kappa shape index (κ3) is 5.13. The van der Waals surface area contributed by atoms with E-state index in [0.29, 0.717) is 12.1 Å². The van der Waals surface area contributed by atoms with E-state index in [9.17, 15) is 9.59 Å². The van der Waals surface area contributed by atoms with Crippen molar-refractivity contribution in [3.05, 3.63) is 34.9 Å². The van der Waals surface area contributed by atoms with Crippen LogP contribution in [0.25, 0.3) is 0 Å². The number of carboxylic acids is 1. The van der Waals surface area contributed by atoms with Crippen LogP contribution >= 0.6 is 0 Å². The Morgan fingerprint density at radius 1 is 1.20 bits per heavy atom. The number of carbonyl (C=O) groups is 2. The van der Waals surface area contributed by atoms with Crippen LogP contribution < -0.4 is 5.32 Å². The Balaban J connectivity index is 2.51. The van der Waals surface area contributed by atoms with Crippen molar-refractivity contribution < 1.29 is 14.7 Å². The van der Waals surface area contributed by atoms with Crippen molar-refractivity contribution in [2.45, 2.75) is 34.1 Å². The summed E-state index contributed by atoms with van der Waals surface area (Å²) >= 11 is 0. The van der Waals surface area contributed by atoms with Gasteiger partial charge in [-0.15, -0.1) is 0 Å². The van der Waals surface area contributed by atoms with Crippen molar-refractivity contribution in [2.75, 3.05) is 13.1 Å². The monoisotopic (exact) mass is 277 g/mol. The summed E-state index contributed by atoms with van der Waals surface area (Å²) in [6.07, 6.45) is 0.0812. The Labute approximate surface area is 120 Å². The van der Waals surface area contributed by atoms with Crippen LogP contribution in [0.15, 0.2) is 18.2 Å². The molecule has 0 aliphatic heterocycles. The molecule has 1 aromatic rings. The van der Waals surface area contributed by atoms with Crippen LogP contribution in [0.5, 0.6) is 0 Å². The molecule has 0 bridgehead atoms. The van der Waals surface area contributed by atoms with Gasteiger partial charge in [0.25, 0.3) is 0 Å². The van der Waals surface area contributed by atoms with Crippen molar-refractivity contribution in [1.29, 1.82) is 0 Å². The van der Waals surface area contributed by atoms with Gasteiger partial charge >= 0.3 is 5.97 Å². The highest BCUT2D eigenvalue weighted by Crippen LogP contribution is 2.18. The maximum absolute atomic E-state index is 12.0. The van der Waals surface area contributed by atoms with Crippen LogP contribution in [0.1, 0.15) is 41.8 Å². The molecule has 0 fully saturated rings. The SMILES string of the molecule is Cc1ccc(C(=O)CNCC(C)(C)CC(=O)O)cc1C. The highest BCUT2D eigenvalue weighted by Gasteiger charge is 2.21. The van der Waals surface area contributed by atoms with Gasteiger partial charge in [-0.2, -0.15) is 0 Å². The van der Waals surface area contributed by atoms with E-state index in [1.165, 1.54) is 0 Å². The molecule has 1 aromatic carbocycles. The molecule has 110 valence electrons. The molecular formula is C16H23NO3. The molecule has 0 heterocycles. The van der Waals surface area contributed by atoms with Crippen LogP contribution in [0.4, 0.5) is 0 Å². The fourth-order valence-corrected chi connectivity index (χ4v) is 2.00. The molecule has 2 N–H and O–H groups in total. The fraction of sp³-hybridized carbons (Fsp3) is 0.500. The second-order valence-electron chi connectivity index (χ2n) is 6.06. The van der Waals surface area contributed by atoms with E-state index >= 15 is 0 Å². The van der Waals surface area contributed by atoms with Crippen LogP contribution in [0, 0.1) is 19.3 Å². The molecule has 0 radical (unpaired) electrons. The van der Waals surface area contributed by atoms with Crippen molar-refractivity contribution >= 4 is 11.8 Å². The van der Waals surface area contributed by atoms with E-state index in [-0.39, 0.29) is 24.2 Å². The predicted molar refractivity (Wildman–Crippen MR) is 79.2 cm³/mol.